The largest absolute Gasteiger partial charge is 0.494 e. The average Bonchev–Trinajstić information content (AvgIpc) is 2.76. The molecule has 1 heterocycles. The first-order valence-corrected chi connectivity index (χ1v) is 9.85. The third kappa shape index (κ3) is 4.68. The van der Waals surface area contributed by atoms with Crippen molar-refractivity contribution >= 4 is 41.2 Å². The second-order valence-electron chi connectivity index (χ2n) is 6.41. The summed E-state index contributed by atoms with van der Waals surface area (Å²) in [6.45, 7) is 2.30. The first-order valence-electron chi connectivity index (χ1n) is 9.47. The van der Waals surface area contributed by atoms with Crippen molar-refractivity contribution in [2.24, 2.45) is 0 Å². The van der Waals surface area contributed by atoms with E-state index >= 15 is 0 Å². The van der Waals surface area contributed by atoms with E-state index in [0.29, 0.717) is 17.9 Å². The van der Waals surface area contributed by atoms with Gasteiger partial charge in [0.2, 0.25) is 0 Å². The number of halogens is 1. The molecule has 2 aromatic carbocycles. The molecule has 4 amide bonds. The van der Waals surface area contributed by atoms with Crippen LogP contribution in [0.15, 0.2) is 42.0 Å². The van der Waals surface area contributed by atoms with Crippen molar-refractivity contribution in [1.29, 1.82) is 0 Å². The highest BCUT2D eigenvalue weighted by molar-refractivity contribution is 6.39. The number of imide groups is 2. The van der Waals surface area contributed by atoms with E-state index in [1.54, 1.807) is 24.3 Å². The zero-order valence-corrected chi connectivity index (χ0v) is 18.1. The first kappa shape index (κ1) is 22.7. The Morgan fingerprint density at radius 1 is 1.16 bits per heavy atom. The zero-order chi connectivity index (χ0) is 23.3. The lowest BCUT2D eigenvalue weighted by Gasteiger charge is -2.26. The maximum absolute atomic E-state index is 13.0. The van der Waals surface area contributed by atoms with Crippen molar-refractivity contribution in [3.63, 3.8) is 0 Å². The number of carbonyl (C=O) groups is 3. The van der Waals surface area contributed by atoms with Crippen molar-refractivity contribution in [3.05, 3.63) is 52.6 Å². The van der Waals surface area contributed by atoms with Crippen molar-refractivity contribution in [2.45, 2.75) is 6.92 Å². The maximum Gasteiger partial charge on any atom is 0.335 e. The number of hydrogen-bond donors (Lipinski definition) is 1. The van der Waals surface area contributed by atoms with Gasteiger partial charge in [-0.3, -0.25) is 14.9 Å². The normalized spacial score (nSPS) is 14.8. The van der Waals surface area contributed by atoms with E-state index < -0.39 is 17.8 Å². The summed E-state index contributed by atoms with van der Waals surface area (Å²) < 4.78 is 16.0. The van der Waals surface area contributed by atoms with E-state index in [-0.39, 0.29) is 34.4 Å². The molecule has 164 valence electrons. The topological polar surface area (TPSA) is 94.2 Å². The van der Waals surface area contributed by atoms with Crippen molar-refractivity contribution in [3.8, 4) is 29.6 Å². The monoisotopic (exact) mass is 454 g/mol. The Balaban J connectivity index is 1.97. The zero-order valence-electron chi connectivity index (χ0n) is 17.3. The number of rotatable bonds is 7. The van der Waals surface area contributed by atoms with Crippen LogP contribution < -0.4 is 24.4 Å². The van der Waals surface area contributed by atoms with Crippen LogP contribution in [0.25, 0.3) is 6.08 Å². The van der Waals surface area contributed by atoms with E-state index in [4.69, 9.17) is 32.2 Å². The van der Waals surface area contributed by atoms with Gasteiger partial charge in [-0.05, 0) is 55.0 Å². The summed E-state index contributed by atoms with van der Waals surface area (Å²) in [5, 5.41) is 2.34. The van der Waals surface area contributed by atoms with Gasteiger partial charge in [0.15, 0.2) is 11.5 Å². The molecule has 0 atom stereocenters. The fourth-order valence-electron chi connectivity index (χ4n) is 2.99. The molecule has 8 nitrogen and oxygen atoms in total. The quantitative estimate of drug-likeness (QED) is 0.391. The smallest absolute Gasteiger partial charge is 0.335 e. The lowest BCUT2D eigenvalue weighted by molar-refractivity contribution is -0.122. The van der Waals surface area contributed by atoms with Gasteiger partial charge in [-0.25, -0.2) is 9.69 Å². The highest BCUT2D eigenvalue weighted by atomic mass is 35.5. The van der Waals surface area contributed by atoms with Crippen LogP contribution in [0.1, 0.15) is 12.5 Å². The molecule has 0 spiro atoms. The number of hydrogen-bond acceptors (Lipinski definition) is 6. The first-order chi connectivity index (χ1) is 15.4. The molecule has 1 saturated heterocycles. The second-order valence-corrected chi connectivity index (χ2v) is 6.82. The minimum Gasteiger partial charge on any atom is -0.494 e. The number of urea groups is 1. The van der Waals surface area contributed by atoms with Crippen molar-refractivity contribution in [1.82, 2.24) is 5.32 Å². The second kappa shape index (κ2) is 9.90. The molecular formula is C23H19ClN2O6. The molecular weight excluding hydrogens is 436 g/mol. The van der Waals surface area contributed by atoms with Crippen LogP contribution in [-0.4, -0.2) is 38.2 Å². The Morgan fingerprint density at radius 3 is 2.50 bits per heavy atom. The lowest BCUT2D eigenvalue weighted by Crippen LogP contribution is -2.54. The minimum absolute atomic E-state index is 0.0173. The number of carbonyl (C=O) groups excluding carboxylic acids is 3. The maximum atomic E-state index is 13.0. The van der Waals surface area contributed by atoms with Crippen LogP contribution in [0.3, 0.4) is 0 Å². The molecule has 0 radical (unpaired) electrons. The van der Waals surface area contributed by atoms with Crippen LogP contribution >= 0.6 is 11.6 Å². The number of barbiturate groups is 1. The summed E-state index contributed by atoms with van der Waals surface area (Å²) >= 11 is 6.26. The van der Waals surface area contributed by atoms with Gasteiger partial charge in [0.05, 0.1) is 24.4 Å². The summed E-state index contributed by atoms with van der Waals surface area (Å²) in [6, 6.07) is 8.51. The van der Waals surface area contributed by atoms with E-state index in [1.807, 2.05) is 6.92 Å². The fourth-order valence-corrected chi connectivity index (χ4v) is 3.27. The molecule has 1 fully saturated rings. The number of ether oxygens (including phenoxy) is 3. The van der Waals surface area contributed by atoms with Gasteiger partial charge in [-0.1, -0.05) is 17.5 Å². The Bertz CT molecular complexity index is 1130. The molecule has 1 aliphatic rings. The summed E-state index contributed by atoms with van der Waals surface area (Å²) in [5.41, 5.74) is 0.413. The Labute approximate surface area is 189 Å². The number of anilines is 1. The van der Waals surface area contributed by atoms with E-state index in [2.05, 4.69) is 11.2 Å². The SMILES string of the molecule is C#CCOc1c(Cl)cc(/C=C2\C(=O)NC(=O)N(c3ccc(OCC)cc3)C2=O)cc1OC. The van der Waals surface area contributed by atoms with Crippen LogP contribution in [0.5, 0.6) is 17.2 Å². The molecule has 0 unspecified atom stereocenters. The Hall–Kier alpha value is -3.96. The van der Waals surface area contributed by atoms with Crippen LogP contribution in [-0.2, 0) is 9.59 Å². The molecule has 32 heavy (non-hydrogen) atoms. The third-order valence-corrected chi connectivity index (χ3v) is 4.65. The molecule has 9 heteroatoms. The number of terminal acetylenes is 1. The van der Waals surface area contributed by atoms with E-state index in [9.17, 15) is 14.4 Å². The summed E-state index contributed by atoms with van der Waals surface area (Å²) in [5.74, 6) is 1.80. The highest BCUT2D eigenvalue weighted by Crippen LogP contribution is 2.37. The molecule has 1 aliphatic heterocycles. The Morgan fingerprint density at radius 2 is 1.88 bits per heavy atom. The molecule has 0 saturated carbocycles. The number of nitrogens with one attached hydrogen (secondary N) is 1. The van der Waals surface area contributed by atoms with E-state index in [1.165, 1.54) is 25.3 Å². The molecule has 1 N–H and O–H groups in total. The highest BCUT2D eigenvalue weighted by Gasteiger charge is 2.36. The molecule has 0 bridgehead atoms. The van der Waals surface area contributed by atoms with E-state index in [0.717, 1.165) is 4.90 Å². The standard InChI is InChI=1S/C23H19ClN2O6/c1-4-10-32-20-18(24)12-14(13-19(20)30-3)11-17-21(27)25-23(29)26(22(17)28)15-6-8-16(9-7-15)31-5-2/h1,6-9,11-13H,5,10H2,2-3H3,(H,25,27,29)/b17-11+. The minimum atomic E-state index is -0.852. The summed E-state index contributed by atoms with van der Waals surface area (Å²) in [4.78, 5) is 38.7. The molecule has 2 aromatic rings. The van der Waals surface area contributed by atoms with Gasteiger partial charge in [0.25, 0.3) is 11.8 Å². The van der Waals surface area contributed by atoms with Gasteiger partial charge in [0.1, 0.15) is 17.9 Å². The van der Waals surface area contributed by atoms with Gasteiger partial charge in [-0.15, -0.1) is 6.42 Å². The predicted octanol–water partition coefficient (Wildman–Crippen LogP) is 3.43. The third-order valence-electron chi connectivity index (χ3n) is 4.37. The molecule has 0 aromatic heterocycles. The van der Waals surface area contributed by atoms with Crippen molar-refractivity contribution < 1.29 is 28.6 Å². The molecule has 0 aliphatic carbocycles. The predicted molar refractivity (Wildman–Crippen MR) is 119 cm³/mol. The molecule has 3 rings (SSSR count). The Kier molecular flexibility index (Phi) is 7.03. The number of benzene rings is 2. The van der Waals surface area contributed by atoms with Gasteiger partial charge in [-0.2, -0.15) is 0 Å². The van der Waals surface area contributed by atoms with Gasteiger partial charge < -0.3 is 14.2 Å². The average molecular weight is 455 g/mol. The van der Waals surface area contributed by atoms with Crippen molar-refractivity contribution in [2.75, 3.05) is 25.2 Å². The van der Waals surface area contributed by atoms with Gasteiger partial charge >= 0.3 is 6.03 Å². The van der Waals surface area contributed by atoms with Crippen LogP contribution in [0.4, 0.5) is 10.5 Å². The van der Waals surface area contributed by atoms with Gasteiger partial charge in [0, 0.05) is 0 Å². The number of methoxy groups -OCH3 is 1. The lowest BCUT2D eigenvalue weighted by atomic mass is 10.1. The van der Waals surface area contributed by atoms with Crippen LogP contribution in [0.2, 0.25) is 5.02 Å². The number of nitrogens with zero attached hydrogens (tertiary/aromatic N) is 1. The summed E-state index contributed by atoms with van der Waals surface area (Å²) in [7, 11) is 1.41. The fraction of sp³-hybridized carbons (Fsp3) is 0.174. The number of amides is 4. The van der Waals surface area contributed by atoms with Crippen LogP contribution in [0, 0.1) is 12.3 Å². The summed E-state index contributed by atoms with van der Waals surface area (Å²) in [6.07, 6.45) is 6.52.